The van der Waals surface area contributed by atoms with Crippen molar-refractivity contribution in [3.63, 3.8) is 0 Å². The molecular weight excluding hydrogens is 374 g/mol. The van der Waals surface area contributed by atoms with Gasteiger partial charge in [-0.3, -0.25) is 4.79 Å². The van der Waals surface area contributed by atoms with E-state index < -0.39 is 5.97 Å². The summed E-state index contributed by atoms with van der Waals surface area (Å²) >= 11 is 0. The number of benzene rings is 1. The minimum Gasteiger partial charge on any atom is -0.481 e. The lowest BCUT2D eigenvalue weighted by Gasteiger charge is -2.37. The molecule has 3 rings (SSSR count). The fourth-order valence-corrected chi connectivity index (χ4v) is 4.96. The van der Waals surface area contributed by atoms with Gasteiger partial charge in [0.1, 0.15) is 0 Å². The Morgan fingerprint density at radius 2 is 1.80 bits per heavy atom. The number of ether oxygens (including phenoxy) is 1. The number of carboxylic acids is 1. The number of hydrogen-bond donors (Lipinski definition) is 1. The predicted octanol–water partition coefficient (Wildman–Crippen LogP) is 5.55. The second kappa shape index (κ2) is 12.7. The molecule has 0 unspecified atom stereocenters. The van der Waals surface area contributed by atoms with Crippen LogP contribution in [0.3, 0.4) is 0 Å². The molecule has 0 spiro atoms. The van der Waals surface area contributed by atoms with E-state index in [0.717, 1.165) is 19.3 Å². The average Bonchev–Trinajstić information content (AvgIpc) is 3.17. The molecule has 1 aliphatic carbocycles. The summed E-state index contributed by atoms with van der Waals surface area (Å²) in [7, 11) is 0. The molecule has 0 amide bonds. The summed E-state index contributed by atoms with van der Waals surface area (Å²) in [6, 6.07) is 11.0. The van der Waals surface area contributed by atoms with Crippen LogP contribution in [0.1, 0.15) is 63.4 Å². The molecule has 1 aromatic carbocycles. The molecule has 1 N–H and O–H groups in total. The molecule has 0 aromatic heterocycles. The largest absolute Gasteiger partial charge is 0.481 e. The van der Waals surface area contributed by atoms with Crippen LogP contribution in [0.2, 0.25) is 0 Å². The third-order valence-corrected chi connectivity index (χ3v) is 6.45. The van der Waals surface area contributed by atoms with Crippen molar-refractivity contribution in [2.45, 2.75) is 69.9 Å². The maximum atomic E-state index is 10.7. The molecule has 2 aliphatic rings. The molecule has 1 heterocycles. The molecule has 30 heavy (non-hydrogen) atoms. The van der Waals surface area contributed by atoms with Crippen molar-refractivity contribution >= 4 is 12.0 Å². The van der Waals surface area contributed by atoms with Crippen molar-refractivity contribution in [3.8, 4) is 0 Å². The summed E-state index contributed by atoms with van der Waals surface area (Å²) in [5.74, 6) is -0.157. The van der Waals surface area contributed by atoms with Gasteiger partial charge in [-0.1, -0.05) is 61.1 Å². The van der Waals surface area contributed by atoms with Crippen molar-refractivity contribution in [3.05, 3.63) is 54.1 Å². The van der Waals surface area contributed by atoms with E-state index in [2.05, 4.69) is 47.4 Å². The first-order valence-corrected chi connectivity index (χ1v) is 11.7. The summed E-state index contributed by atoms with van der Waals surface area (Å²) in [6.07, 6.45) is 18.2. The molecule has 4 heteroatoms. The SMILES string of the molecule is O=C(O)CC/C=C\CC[C@H]1[C@@H](OC/C=C/c2ccccc2)CC[C@@H]1N1CCCCC1. The van der Waals surface area contributed by atoms with E-state index in [4.69, 9.17) is 9.84 Å². The van der Waals surface area contributed by atoms with Crippen LogP contribution in [0.15, 0.2) is 48.6 Å². The van der Waals surface area contributed by atoms with Crippen LogP contribution < -0.4 is 0 Å². The fraction of sp³-hybridized carbons (Fsp3) is 0.577. The van der Waals surface area contributed by atoms with Gasteiger partial charge in [0.2, 0.25) is 0 Å². The Hall–Kier alpha value is -1.91. The van der Waals surface area contributed by atoms with Crippen LogP contribution >= 0.6 is 0 Å². The van der Waals surface area contributed by atoms with Gasteiger partial charge in [-0.05, 0) is 63.6 Å². The number of carbonyl (C=O) groups is 1. The van der Waals surface area contributed by atoms with E-state index in [1.165, 1.54) is 44.3 Å². The number of allylic oxidation sites excluding steroid dienone is 2. The number of carboxylic acid groups (broad SMARTS) is 1. The Morgan fingerprint density at radius 3 is 2.57 bits per heavy atom. The Balaban J connectivity index is 1.51. The van der Waals surface area contributed by atoms with E-state index in [1.54, 1.807) is 0 Å². The second-order valence-electron chi connectivity index (χ2n) is 8.57. The Kier molecular flexibility index (Phi) is 9.65. The quantitative estimate of drug-likeness (QED) is 0.485. The Labute approximate surface area is 181 Å². The molecular formula is C26H37NO3. The lowest BCUT2D eigenvalue weighted by atomic mass is 9.93. The van der Waals surface area contributed by atoms with Gasteiger partial charge in [0, 0.05) is 18.4 Å². The predicted molar refractivity (Wildman–Crippen MR) is 122 cm³/mol. The maximum absolute atomic E-state index is 10.7. The number of aliphatic carboxylic acids is 1. The highest BCUT2D eigenvalue weighted by atomic mass is 16.5. The highest BCUT2D eigenvalue weighted by Crippen LogP contribution is 2.37. The van der Waals surface area contributed by atoms with E-state index in [9.17, 15) is 4.79 Å². The van der Waals surface area contributed by atoms with Gasteiger partial charge in [0.15, 0.2) is 0 Å². The summed E-state index contributed by atoms with van der Waals surface area (Å²) < 4.78 is 6.35. The third-order valence-electron chi connectivity index (χ3n) is 6.45. The molecule has 4 nitrogen and oxygen atoms in total. The van der Waals surface area contributed by atoms with Crippen LogP contribution in [-0.2, 0) is 9.53 Å². The summed E-state index contributed by atoms with van der Waals surface area (Å²) in [4.78, 5) is 13.4. The highest BCUT2D eigenvalue weighted by molar-refractivity contribution is 5.66. The van der Waals surface area contributed by atoms with E-state index in [1.807, 2.05) is 12.1 Å². The first-order valence-electron chi connectivity index (χ1n) is 11.7. The topological polar surface area (TPSA) is 49.8 Å². The van der Waals surface area contributed by atoms with Gasteiger partial charge in [0.05, 0.1) is 12.7 Å². The van der Waals surface area contributed by atoms with Gasteiger partial charge in [-0.15, -0.1) is 0 Å². The van der Waals surface area contributed by atoms with Crippen LogP contribution in [0.4, 0.5) is 0 Å². The smallest absolute Gasteiger partial charge is 0.303 e. The number of rotatable bonds is 11. The zero-order valence-corrected chi connectivity index (χ0v) is 18.1. The maximum Gasteiger partial charge on any atom is 0.303 e. The molecule has 1 saturated carbocycles. The monoisotopic (exact) mass is 411 g/mol. The van der Waals surface area contributed by atoms with Crippen LogP contribution in [0, 0.1) is 5.92 Å². The van der Waals surface area contributed by atoms with E-state index in [0.29, 0.717) is 31.1 Å². The summed E-state index contributed by atoms with van der Waals surface area (Å²) in [5, 5.41) is 8.77. The van der Waals surface area contributed by atoms with Crippen LogP contribution in [0.25, 0.3) is 6.08 Å². The fourth-order valence-electron chi connectivity index (χ4n) is 4.96. The minimum absolute atomic E-state index is 0.218. The molecule has 1 aromatic rings. The van der Waals surface area contributed by atoms with Crippen molar-refractivity contribution in [2.24, 2.45) is 5.92 Å². The molecule has 1 aliphatic heterocycles. The third kappa shape index (κ3) is 7.41. The highest BCUT2D eigenvalue weighted by Gasteiger charge is 2.39. The number of hydrogen-bond acceptors (Lipinski definition) is 3. The minimum atomic E-state index is -0.724. The molecule has 0 bridgehead atoms. The first-order chi connectivity index (χ1) is 14.7. The number of likely N-dealkylation sites (tertiary alicyclic amines) is 1. The van der Waals surface area contributed by atoms with Gasteiger partial charge in [0.25, 0.3) is 0 Å². The Bertz CT molecular complexity index is 679. The van der Waals surface area contributed by atoms with Crippen molar-refractivity contribution in [1.29, 1.82) is 0 Å². The van der Waals surface area contributed by atoms with Crippen molar-refractivity contribution in [2.75, 3.05) is 19.7 Å². The standard InChI is InChI=1S/C26H37NO3/c28-26(29)16-8-2-1-7-15-23-24(27-19-9-4-10-20-27)17-18-25(23)30-21-11-14-22-12-5-3-6-13-22/h1-3,5-6,11-14,23-25H,4,7-10,15-21H2,(H,28,29)/b2-1-,14-11+/t23-,24+,25+/m1/s1. The average molecular weight is 412 g/mol. The molecule has 3 atom stereocenters. The normalized spacial score (nSPS) is 25.4. The van der Waals surface area contributed by atoms with Crippen LogP contribution in [-0.4, -0.2) is 47.8 Å². The van der Waals surface area contributed by atoms with Gasteiger partial charge < -0.3 is 14.7 Å². The van der Waals surface area contributed by atoms with Crippen LogP contribution in [0.5, 0.6) is 0 Å². The molecule has 0 radical (unpaired) electrons. The van der Waals surface area contributed by atoms with Gasteiger partial charge >= 0.3 is 5.97 Å². The van der Waals surface area contributed by atoms with E-state index in [-0.39, 0.29) is 6.42 Å². The second-order valence-corrected chi connectivity index (χ2v) is 8.57. The van der Waals surface area contributed by atoms with Crippen molar-refractivity contribution in [1.82, 2.24) is 4.90 Å². The first kappa shape index (κ1) is 22.8. The summed E-state index contributed by atoms with van der Waals surface area (Å²) in [6.45, 7) is 3.13. The molecule has 1 saturated heterocycles. The lowest BCUT2D eigenvalue weighted by Crippen LogP contribution is -2.43. The van der Waals surface area contributed by atoms with Gasteiger partial charge in [-0.2, -0.15) is 0 Å². The zero-order chi connectivity index (χ0) is 21.0. The van der Waals surface area contributed by atoms with Crippen molar-refractivity contribution < 1.29 is 14.6 Å². The van der Waals surface area contributed by atoms with E-state index >= 15 is 0 Å². The lowest BCUT2D eigenvalue weighted by molar-refractivity contribution is -0.136. The number of piperidine rings is 1. The summed E-state index contributed by atoms with van der Waals surface area (Å²) in [5.41, 5.74) is 1.21. The van der Waals surface area contributed by atoms with Gasteiger partial charge in [-0.25, -0.2) is 0 Å². The zero-order valence-electron chi connectivity index (χ0n) is 18.1. The molecule has 2 fully saturated rings. The Morgan fingerprint density at radius 1 is 1.03 bits per heavy atom. The number of nitrogens with zero attached hydrogens (tertiary/aromatic N) is 1. The molecule has 164 valence electrons.